The Labute approximate surface area is 118 Å². The van der Waals surface area contributed by atoms with Crippen molar-refractivity contribution in [3.63, 3.8) is 0 Å². The van der Waals surface area contributed by atoms with Gasteiger partial charge < -0.3 is 14.6 Å². The highest BCUT2D eigenvalue weighted by Crippen LogP contribution is 2.40. The highest BCUT2D eigenvalue weighted by molar-refractivity contribution is 6.31. The first-order valence-electron chi connectivity index (χ1n) is 5.88. The van der Waals surface area contributed by atoms with Gasteiger partial charge >= 0.3 is 5.97 Å². The number of carboxylic acid groups (broad SMARTS) is 1. The van der Waals surface area contributed by atoms with Gasteiger partial charge in [0.05, 0.1) is 19.6 Å². The van der Waals surface area contributed by atoms with Gasteiger partial charge in [-0.15, -0.1) is 0 Å². The van der Waals surface area contributed by atoms with Crippen molar-refractivity contribution in [3.8, 4) is 11.5 Å². The third kappa shape index (κ3) is 3.13. The summed E-state index contributed by atoms with van der Waals surface area (Å²) in [6, 6.07) is 1.65. The first kappa shape index (κ1) is 15.6. The maximum atomic E-state index is 11.2. The van der Waals surface area contributed by atoms with Crippen molar-refractivity contribution in [2.45, 2.75) is 27.2 Å². The molecule has 0 aliphatic heterocycles. The van der Waals surface area contributed by atoms with Gasteiger partial charge in [-0.2, -0.15) is 0 Å². The molecule has 1 rings (SSSR count). The van der Waals surface area contributed by atoms with Crippen LogP contribution in [0.5, 0.6) is 11.5 Å². The van der Waals surface area contributed by atoms with Crippen molar-refractivity contribution in [1.82, 2.24) is 0 Å². The third-order valence-corrected chi connectivity index (χ3v) is 3.52. The van der Waals surface area contributed by atoms with Crippen LogP contribution in [0.3, 0.4) is 0 Å². The maximum absolute atomic E-state index is 11.2. The van der Waals surface area contributed by atoms with Crippen LogP contribution in [0.2, 0.25) is 5.02 Å². The van der Waals surface area contributed by atoms with Crippen LogP contribution in [-0.4, -0.2) is 25.3 Å². The molecule has 0 aliphatic carbocycles. The predicted octanol–water partition coefficient (Wildman–Crippen LogP) is 3.32. The Balaban J connectivity index is 3.33. The van der Waals surface area contributed by atoms with Crippen LogP contribution >= 0.6 is 11.6 Å². The van der Waals surface area contributed by atoms with Gasteiger partial charge in [0.15, 0.2) is 11.5 Å². The number of methoxy groups -OCH3 is 2. The molecule has 0 amide bonds. The molecule has 0 bridgehead atoms. The van der Waals surface area contributed by atoms with Crippen LogP contribution in [0, 0.1) is 12.3 Å². The quantitative estimate of drug-likeness (QED) is 0.902. The molecule has 0 fully saturated rings. The minimum Gasteiger partial charge on any atom is -0.493 e. The van der Waals surface area contributed by atoms with Crippen molar-refractivity contribution in [2.24, 2.45) is 5.41 Å². The molecule has 106 valence electrons. The molecule has 0 radical (unpaired) electrons. The number of hydrogen-bond acceptors (Lipinski definition) is 3. The summed E-state index contributed by atoms with van der Waals surface area (Å²) in [7, 11) is 3.08. The SMILES string of the molecule is COc1cc(Cl)c(CC(C)(C)C(=O)O)c(C)c1OC. The molecule has 0 heterocycles. The van der Waals surface area contributed by atoms with Gasteiger partial charge in [0.1, 0.15) is 0 Å². The first-order chi connectivity index (χ1) is 8.74. The molecule has 1 aromatic carbocycles. The van der Waals surface area contributed by atoms with E-state index in [9.17, 15) is 9.90 Å². The van der Waals surface area contributed by atoms with Gasteiger partial charge in [0.2, 0.25) is 0 Å². The van der Waals surface area contributed by atoms with Gasteiger partial charge in [-0.05, 0) is 38.3 Å². The molecule has 0 aromatic heterocycles. The van der Waals surface area contributed by atoms with E-state index in [4.69, 9.17) is 21.1 Å². The predicted molar refractivity (Wildman–Crippen MR) is 74.4 cm³/mol. The fraction of sp³-hybridized carbons (Fsp3) is 0.500. The Hall–Kier alpha value is -1.42. The van der Waals surface area contributed by atoms with Crippen molar-refractivity contribution in [1.29, 1.82) is 0 Å². The molecule has 1 aromatic rings. The zero-order chi connectivity index (χ0) is 14.8. The summed E-state index contributed by atoms with van der Waals surface area (Å²) in [4.78, 5) is 11.2. The minimum atomic E-state index is -0.895. The standard InChI is InChI=1S/C14H19ClO4/c1-8-9(7-14(2,3)13(16)17)10(15)6-11(18-4)12(8)19-5/h6H,7H2,1-5H3,(H,16,17). The molecule has 19 heavy (non-hydrogen) atoms. The van der Waals surface area contributed by atoms with E-state index in [1.54, 1.807) is 27.0 Å². The summed E-state index contributed by atoms with van der Waals surface area (Å²) in [5, 5.41) is 9.70. The monoisotopic (exact) mass is 286 g/mol. The largest absolute Gasteiger partial charge is 0.493 e. The van der Waals surface area contributed by atoms with E-state index in [1.165, 1.54) is 7.11 Å². The molecule has 0 saturated carbocycles. The fourth-order valence-corrected chi connectivity index (χ4v) is 2.22. The Kier molecular flexibility index (Phi) is 4.69. The molecule has 0 unspecified atom stereocenters. The van der Waals surface area contributed by atoms with Crippen molar-refractivity contribution in [2.75, 3.05) is 14.2 Å². The second-order valence-corrected chi connectivity index (χ2v) is 5.47. The van der Waals surface area contributed by atoms with Gasteiger partial charge in [-0.25, -0.2) is 0 Å². The lowest BCUT2D eigenvalue weighted by Gasteiger charge is -2.23. The summed E-state index contributed by atoms with van der Waals surface area (Å²) in [5.41, 5.74) is 0.682. The Bertz CT molecular complexity index is 495. The molecule has 0 atom stereocenters. The molecule has 0 spiro atoms. The minimum absolute atomic E-state index is 0.327. The Morgan fingerprint density at radius 2 is 1.95 bits per heavy atom. The summed E-state index contributed by atoms with van der Waals surface area (Å²) >= 11 is 6.22. The molecule has 0 aliphatic rings. The number of carboxylic acids is 1. The van der Waals surface area contributed by atoms with Crippen LogP contribution in [-0.2, 0) is 11.2 Å². The smallest absolute Gasteiger partial charge is 0.309 e. The number of aliphatic carboxylic acids is 1. The number of rotatable bonds is 5. The fourth-order valence-electron chi connectivity index (χ4n) is 1.91. The lowest BCUT2D eigenvalue weighted by Crippen LogP contribution is -2.26. The molecular formula is C14H19ClO4. The van der Waals surface area contributed by atoms with Crippen LogP contribution in [0.1, 0.15) is 25.0 Å². The topological polar surface area (TPSA) is 55.8 Å². The second kappa shape index (κ2) is 5.70. The van der Waals surface area contributed by atoms with E-state index in [0.29, 0.717) is 22.9 Å². The molecule has 5 heteroatoms. The van der Waals surface area contributed by atoms with Gasteiger partial charge in [0.25, 0.3) is 0 Å². The number of ether oxygens (including phenoxy) is 2. The van der Waals surface area contributed by atoms with E-state index in [1.807, 2.05) is 6.92 Å². The van der Waals surface area contributed by atoms with Crippen LogP contribution in [0.25, 0.3) is 0 Å². The summed E-state index contributed by atoms with van der Waals surface area (Å²) in [5.74, 6) is 0.266. The van der Waals surface area contributed by atoms with E-state index >= 15 is 0 Å². The van der Waals surface area contributed by atoms with Gasteiger partial charge in [-0.1, -0.05) is 11.6 Å². The average molecular weight is 287 g/mol. The highest BCUT2D eigenvalue weighted by atomic mass is 35.5. The number of benzene rings is 1. The van der Waals surface area contributed by atoms with Crippen molar-refractivity contribution in [3.05, 3.63) is 22.2 Å². The van der Waals surface area contributed by atoms with E-state index < -0.39 is 11.4 Å². The van der Waals surface area contributed by atoms with Crippen LogP contribution < -0.4 is 9.47 Å². The first-order valence-corrected chi connectivity index (χ1v) is 6.25. The van der Waals surface area contributed by atoms with E-state index in [0.717, 1.165) is 11.1 Å². The van der Waals surface area contributed by atoms with E-state index in [-0.39, 0.29) is 0 Å². The lowest BCUT2D eigenvalue weighted by molar-refractivity contribution is -0.146. The number of halogens is 1. The maximum Gasteiger partial charge on any atom is 0.309 e. The summed E-state index contributed by atoms with van der Waals surface area (Å²) < 4.78 is 10.5. The second-order valence-electron chi connectivity index (χ2n) is 5.06. The lowest BCUT2D eigenvalue weighted by atomic mass is 9.84. The van der Waals surface area contributed by atoms with Gasteiger partial charge in [-0.3, -0.25) is 4.79 Å². The normalized spacial score (nSPS) is 11.3. The van der Waals surface area contributed by atoms with Gasteiger partial charge in [0, 0.05) is 11.1 Å². The third-order valence-electron chi connectivity index (χ3n) is 3.18. The zero-order valence-electron chi connectivity index (χ0n) is 11.8. The highest BCUT2D eigenvalue weighted by Gasteiger charge is 2.30. The number of carbonyl (C=O) groups is 1. The van der Waals surface area contributed by atoms with Crippen LogP contribution in [0.4, 0.5) is 0 Å². The number of hydrogen-bond donors (Lipinski definition) is 1. The van der Waals surface area contributed by atoms with Crippen LogP contribution in [0.15, 0.2) is 6.07 Å². The summed E-state index contributed by atoms with van der Waals surface area (Å²) in [6.07, 6.45) is 0.327. The Morgan fingerprint density at radius 3 is 2.37 bits per heavy atom. The molecule has 0 saturated heterocycles. The average Bonchev–Trinajstić information content (AvgIpc) is 2.33. The zero-order valence-corrected chi connectivity index (χ0v) is 12.6. The Morgan fingerprint density at radius 1 is 1.37 bits per heavy atom. The van der Waals surface area contributed by atoms with Crippen molar-refractivity contribution < 1.29 is 19.4 Å². The molecule has 4 nitrogen and oxygen atoms in total. The van der Waals surface area contributed by atoms with Crippen molar-refractivity contribution >= 4 is 17.6 Å². The van der Waals surface area contributed by atoms with E-state index in [2.05, 4.69) is 0 Å². The molecule has 1 N–H and O–H groups in total. The molecular weight excluding hydrogens is 268 g/mol. The summed E-state index contributed by atoms with van der Waals surface area (Å²) in [6.45, 7) is 5.18.